The Kier molecular flexibility index (Phi) is 9.98. The molecule has 3 rings (SSSR count). The third kappa shape index (κ3) is 8.67. The van der Waals surface area contributed by atoms with Crippen LogP contribution in [0.3, 0.4) is 0 Å². The molecule has 1 aromatic heterocycles. The summed E-state index contributed by atoms with van der Waals surface area (Å²) in [6.45, 7) is 5.03. The van der Waals surface area contributed by atoms with Crippen molar-refractivity contribution in [3.63, 3.8) is 0 Å². The van der Waals surface area contributed by atoms with Crippen LogP contribution in [0.15, 0.2) is 56.4 Å². The minimum Gasteiger partial charge on any atom is -0.490 e. The van der Waals surface area contributed by atoms with Gasteiger partial charge in [0.2, 0.25) is 0 Å². The summed E-state index contributed by atoms with van der Waals surface area (Å²) < 4.78 is 18.9. The molecule has 0 bridgehead atoms. The highest BCUT2D eigenvalue weighted by molar-refractivity contribution is 9.10. The zero-order valence-electron chi connectivity index (χ0n) is 18.1. The van der Waals surface area contributed by atoms with E-state index in [-0.39, 0.29) is 11.7 Å². The number of hydrazone groups is 1. The van der Waals surface area contributed by atoms with Crippen molar-refractivity contribution in [2.45, 2.75) is 18.2 Å². The largest absolute Gasteiger partial charge is 0.490 e. The molecule has 0 aliphatic carbocycles. The third-order valence-electron chi connectivity index (χ3n) is 3.93. The molecule has 174 valence electrons. The van der Waals surface area contributed by atoms with Crippen LogP contribution in [0.2, 0.25) is 0 Å². The summed E-state index contributed by atoms with van der Waals surface area (Å²) in [6, 6.07) is 13.1. The van der Waals surface area contributed by atoms with Gasteiger partial charge in [-0.2, -0.15) is 5.10 Å². The molecule has 0 aliphatic rings. The van der Waals surface area contributed by atoms with Crippen LogP contribution in [-0.2, 0) is 4.79 Å². The SMILES string of the molecule is CCOc1cc(/C=N\NC(=O)CSc2nnc(C)s2)ccc1OCCOc1ccc(Br)cc1. The van der Waals surface area contributed by atoms with Crippen molar-refractivity contribution in [1.82, 2.24) is 15.6 Å². The van der Waals surface area contributed by atoms with Gasteiger partial charge in [0, 0.05) is 4.47 Å². The van der Waals surface area contributed by atoms with Gasteiger partial charge in [0.15, 0.2) is 15.8 Å². The van der Waals surface area contributed by atoms with E-state index in [0.717, 1.165) is 25.1 Å². The van der Waals surface area contributed by atoms with E-state index in [0.29, 0.717) is 31.3 Å². The van der Waals surface area contributed by atoms with Crippen molar-refractivity contribution in [3.05, 3.63) is 57.5 Å². The summed E-state index contributed by atoms with van der Waals surface area (Å²) in [5.41, 5.74) is 3.28. The number of nitrogens with zero attached hydrogens (tertiary/aromatic N) is 3. The van der Waals surface area contributed by atoms with E-state index in [9.17, 15) is 4.79 Å². The van der Waals surface area contributed by atoms with Crippen molar-refractivity contribution >= 4 is 51.2 Å². The highest BCUT2D eigenvalue weighted by atomic mass is 79.9. The van der Waals surface area contributed by atoms with Gasteiger partial charge in [-0.15, -0.1) is 10.2 Å². The maximum atomic E-state index is 12.0. The van der Waals surface area contributed by atoms with Crippen molar-refractivity contribution < 1.29 is 19.0 Å². The number of benzene rings is 2. The van der Waals surface area contributed by atoms with Crippen LogP contribution in [0.1, 0.15) is 17.5 Å². The van der Waals surface area contributed by atoms with E-state index in [2.05, 4.69) is 36.7 Å². The van der Waals surface area contributed by atoms with Crippen LogP contribution < -0.4 is 19.6 Å². The fraction of sp³-hybridized carbons (Fsp3) is 0.273. The molecule has 3 aromatic rings. The molecule has 0 radical (unpaired) electrons. The number of aromatic nitrogens is 2. The molecule has 0 saturated carbocycles. The molecule has 33 heavy (non-hydrogen) atoms. The second-order valence-corrected chi connectivity index (χ2v) is 9.78. The number of halogens is 1. The van der Waals surface area contributed by atoms with E-state index in [1.807, 2.05) is 50.2 Å². The predicted octanol–water partition coefficient (Wildman–Crippen LogP) is 4.71. The van der Waals surface area contributed by atoms with Crippen molar-refractivity contribution in [2.75, 3.05) is 25.6 Å². The first kappa shape index (κ1) is 25.0. The molecule has 0 saturated heterocycles. The summed E-state index contributed by atoms with van der Waals surface area (Å²) in [7, 11) is 0. The van der Waals surface area contributed by atoms with Gasteiger partial charge < -0.3 is 14.2 Å². The number of carbonyl (C=O) groups is 1. The van der Waals surface area contributed by atoms with Gasteiger partial charge in [0.25, 0.3) is 5.91 Å². The van der Waals surface area contributed by atoms with E-state index in [1.165, 1.54) is 23.1 Å². The third-order valence-corrected chi connectivity index (χ3v) is 6.43. The smallest absolute Gasteiger partial charge is 0.250 e. The minimum atomic E-state index is -0.222. The first-order valence-corrected chi connectivity index (χ1v) is 12.7. The normalized spacial score (nSPS) is 10.9. The lowest BCUT2D eigenvalue weighted by molar-refractivity contribution is -0.118. The minimum absolute atomic E-state index is 0.214. The lowest BCUT2D eigenvalue weighted by atomic mass is 10.2. The van der Waals surface area contributed by atoms with Gasteiger partial charge in [-0.05, 0) is 61.9 Å². The predicted molar refractivity (Wildman–Crippen MR) is 134 cm³/mol. The van der Waals surface area contributed by atoms with Gasteiger partial charge in [0.05, 0.1) is 18.6 Å². The maximum Gasteiger partial charge on any atom is 0.250 e. The summed E-state index contributed by atoms with van der Waals surface area (Å²) in [6.07, 6.45) is 1.56. The van der Waals surface area contributed by atoms with Gasteiger partial charge in [0.1, 0.15) is 24.0 Å². The Hall–Kier alpha value is -2.63. The second kappa shape index (κ2) is 13.2. The van der Waals surface area contributed by atoms with Crippen molar-refractivity contribution in [2.24, 2.45) is 5.10 Å². The first-order valence-electron chi connectivity index (χ1n) is 10.1. The lowest BCUT2D eigenvalue weighted by Gasteiger charge is -2.13. The number of ether oxygens (including phenoxy) is 3. The highest BCUT2D eigenvalue weighted by Gasteiger charge is 2.08. The highest BCUT2D eigenvalue weighted by Crippen LogP contribution is 2.28. The molecule has 1 amide bonds. The molecular formula is C22H23BrN4O4S2. The van der Waals surface area contributed by atoms with Gasteiger partial charge >= 0.3 is 0 Å². The molecule has 1 heterocycles. The van der Waals surface area contributed by atoms with Crippen LogP contribution in [0.5, 0.6) is 17.2 Å². The Morgan fingerprint density at radius 2 is 1.91 bits per heavy atom. The van der Waals surface area contributed by atoms with Crippen molar-refractivity contribution in [1.29, 1.82) is 0 Å². The Bertz CT molecular complexity index is 1080. The fourth-order valence-corrected chi connectivity index (χ4v) is 4.38. The monoisotopic (exact) mass is 550 g/mol. The first-order chi connectivity index (χ1) is 16.0. The summed E-state index contributed by atoms with van der Waals surface area (Å²) >= 11 is 6.17. The number of thioether (sulfide) groups is 1. The summed E-state index contributed by atoms with van der Waals surface area (Å²) in [5.74, 6) is 1.97. The zero-order chi connectivity index (χ0) is 23.5. The van der Waals surface area contributed by atoms with Gasteiger partial charge in [-0.25, -0.2) is 5.43 Å². The standard InChI is InChI=1S/C22H23BrN4O4S2/c1-3-29-20-12-16(13-24-26-21(28)14-32-22-27-25-15(2)33-22)4-9-19(20)31-11-10-30-18-7-5-17(23)6-8-18/h4-9,12-13H,3,10-11,14H2,1-2H3,(H,26,28)/b24-13-. The van der Waals surface area contributed by atoms with E-state index >= 15 is 0 Å². The topological polar surface area (TPSA) is 94.9 Å². The molecule has 8 nitrogen and oxygen atoms in total. The number of aryl methyl sites for hydroxylation is 1. The molecule has 0 unspecified atom stereocenters. The number of carbonyl (C=O) groups excluding carboxylic acids is 1. The molecule has 0 fully saturated rings. The molecule has 11 heteroatoms. The number of rotatable bonds is 12. The van der Waals surface area contributed by atoms with E-state index in [4.69, 9.17) is 14.2 Å². The van der Waals surface area contributed by atoms with E-state index in [1.54, 1.807) is 12.3 Å². The van der Waals surface area contributed by atoms with E-state index < -0.39 is 0 Å². The second-order valence-electron chi connectivity index (χ2n) is 6.46. The Labute approximate surface area is 208 Å². The quantitative estimate of drug-likeness (QED) is 0.151. The Morgan fingerprint density at radius 3 is 2.64 bits per heavy atom. The average molecular weight is 551 g/mol. The van der Waals surface area contributed by atoms with Crippen LogP contribution in [0.25, 0.3) is 0 Å². The van der Waals surface area contributed by atoms with Gasteiger partial charge in [-0.1, -0.05) is 39.0 Å². The molecule has 2 aromatic carbocycles. The van der Waals surface area contributed by atoms with Gasteiger partial charge in [-0.3, -0.25) is 4.79 Å². The van der Waals surface area contributed by atoms with Crippen LogP contribution in [0, 0.1) is 6.92 Å². The Balaban J connectivity index is 1.47. The average Bonchev–Trinajstić information content (AvgIpc) is 3.23. The molecule has 0 aliphatic heterocycles. The number of hydrogen-bond acceptors (Lipinski definition) is 9. The number of nitrogens with one attached hydrogen (secondary N) is 1. The molecule has 1 N–H and O–H groups in total. The van der Waals surface area contributed by atoms with Crippen LogP contribution >= 0.6 is 39.0 Å². The van der Waals surface area contributed by atoms with Crippen LogP contribution in [-0.4, -0.2) is 47.9 Å². The number of amides is 1. The zero-order valence-corrected chi connectivity index (χ0v) is 21.3. The van der Waals surface area contributed by atoms with Crippen molar-refractivity contribution in [3.8, 4) is 17.2 Å². The summed E-state index contributed by atoms with van der Waals surface area (Å²) in [5, 5.41) is 12.8. The fourth-order valence-electron chi connectivity index (χ4n) is 2.51. The lowest BCUT2D eigenvalue weighted by Crippen LogP contribution is -2.19. The molecule has 0 spiro atoms. The molecular weight excluding hydrogens is 528 g/mol. The summed E-state index contributed by atoms with van der Waals surface area (Å²) in [4.78, 5) is 12.0. The Morgan fingerprint density at radius 1 is 1.12 bits per heavy atom. The number of hydrogen-bond donors (Lipinski definition) is 1. The van der Waals surface area contributed by atoms with Crippen LogP contribution in [0.4, 0.5) is 0 Å². The molecule has 0 atom stereocenters. The maximum absolute atomic E-state index is 12.0.